The van der Waals surface area contributed by atoms with Crippen molar-refractivity contribution in [3.05, 3.63) is 60.4 Å². The van der Waals surface area contributed by atoms with Crippen molar-refractivity contribution >= 4 is 17.4 Å². The molecule has 0 atom stereocenters. The molecule has 0 bridgehead atoms. The highest BCUT2D eigenvalue weighted by molar-refractivity contribution is 5.80. The molecule has 2 aliphatic heterocycles. The number of amides is 1. The second kappa shape index (κ2) is 8.31. The topological polar surface area (TPSA) is 52.6 Å². The van der Waals surface area contributed by atoms with Gasteiger partial charge >= 0.3 is 0 Å². The van der Waals surface area contributed by atoms with Crippen LogP contribution >= 0.6 is 0 Å². The van der Waals surface area contributed by atoms with E-state index in [0.29, 0.717) is 13.1 Å². The highest BCUT2D eigenvalue weighted by Crippen LogP contribution is 2.22. The minimum atomic E-state index is 0.225. The van der Waals surface area contributed by atoms with Crippen LogP contribution in [0.15, 0.2) is 54.9 Å². The van der Waals surface area contributed by atoms with E-state index >= 15 is 0 Å². The Labute approximate surface area is 160 Å². The van der Waals surface area contributed by atoms with Gasteiger partial charge in [0.2, 0.25) is 11.9 Å². The predicted molar refractivity (Wildman–Crippen MR) is 106 cm³/mol. The molecule has 1 aromatic carbocycles. The molecule has 0 radical (unpaired) electrons. The van der Waals surface area contributed by atoms with Crippen LogP contribution in [0.25, 0.3) is 5.57 Å². The van der Waals surface area contributed by atoms with E-state index in [1.165, 1.54) is 11.1 Å². The van der Waals surface area contributed by atoms with Gasteiger partial charge in [0.15, 0.2) is 0 Å². The number of carbonyl (C=O) groups is 1. The first kappa shape index (κ1) is 17.7. The van der Waals surface area contributed by atoms with Crippen LogP contribution < -0.4 is 4.90 Å². The van der Waals surface area contributed by atoms with Crippen LogP contribution in [0.1, 0.15) is 12.0 Å². The third-order valence-electron chi connectivity index (χ3n) is 5.27. The van der Waals surface area contributed by atoms with Crippen molar-refractivity contribution in [1.29, 1.82) is 0 Å². The van der Waals surface area contributed by atoms with Gasteiger partial charge in [-0.15, -0.1) is 0 Å². The summed E-state index contributed by atoms with van der Waals surface area (Å²) in [5.74, 6) is 1.00. The second-order valence-electron chi connectivity index (χ2n) is 7.00. The van der Waals surface area contributed by atoms with E-state index in [9.17, 15) is 4.79 Å². The minimum absolute atomic E-state index is 0.225. The van der Waals surface area contributed by atoms with Gasteiger partial charge in [-0.25, -0.2) is 9.97 Å². The fraction of sp³-hybridized carbons (Fsp3) is 0.381. The lowest BCUT2D eigenvalue weighted by atomic mass is 9.99. The van der Waals surface area contributed by atoms with Gasteiger partial charge in [0.25, 0.3) is 0 Å². The van der Waals surface area contributed by atoms with Gasteiger partial charge < -0.3 is 9.80 Å². The van der Waals surface area contributed by atoms with Gasteiger partial charge in [0.05, 0.1) is 6.54 Å². The number of nitrogens with zero attached hydrogens (tertiary/aromatic N) is 5. The normalized spacial score (nSPS) is 18.3. The smallest absolute Gasteiger partial charge is 0.237 e. The summed E-state index contributed by atoms with van der Waals surface area (Å²) >= 11 is 0. The number of rotatable bonds is 4. The Kier molecular flexibility index (Phi) is 5.44. The Morgan fingerprint density at radius 3 is 2.33 bits per heavy atom. The molecule has 6 nitrogen and oxygen atoms in total. The molecule has 0 aliphatic carbocycles. The molecular weight excluding hydrogens is 338 g/mol. The number of hydrogen-bond acceptors (Lipinski definition) is 5. The van der Waals surface area contributed by atoms with Gasteiger partial charge in [-0.05, 0) is 23.6 Å². The average molecular weight is 363 g/mol. The number of aromatic nitrogens is 2. The largest absolute Gasteiger partial charge is 0.338 e. The van der Waals surface area contributed by atoms with E-state index in [0.717, 1.165) is 45.1 Å². The Hall–Kier alpha value is -2.73. The zero-order valence-electron chi connectivity index (χ0n) is 15.5. The van der Waals surface area contributed by atoms with Gasteiger partial charge in [-0.3, -0.25) is 9.69 Å². The molecule has 1 aromatic heterocycles. The summed E-state index contributed by atoms with van der Waals surface area (Å²) in [6.45, 7) is 5.45. The number of piperazine rings is 1. The van der Waals surface area contributed by atoms with E-state index in [4.69, 9.17) is 0 Å². The maximum Gasteiger partial charge on any atom is 0.237 e. The van der Waals surface area contributed by atoms with Crippen LogP contribution in [0.4, 0.5) is 5.95 Å². The Balaban J connectivity index is 1.26. The standard InChI is InChI=1S/C21H25N5O/c27-20(25-11-7-19(8-12-25)18-5-2-1-3-6-18)17-24-13-15-26(16-14-24)21-22-9-4-10-23-21/h1-7,9-10H,8,11-17H2. The SMILES string of the molecule is O=C(CN1CCN(c2ncccn2)CC1)N1CC=C(c2ccccc2)CC1. The molecule has 2 aliphatic rings. The van der Waals surface area contributed by atoms with Crippen LogP contribution in [0.3, 0.4) is 0 Å². The quantitative estimate of drug-likeness (QED) is 0.831. The van der Waals surface area contributed by atoms with E-state index in [1.54, 1.807) is 12.4 Å². The second-order valence-corrected chi connectivity index (χ2v) is 7.00. The molecule has 27 heavy (non-hydrogen) atoms. The van der Waals surface area contributed by atoms with Gasteiger partial charge in [0.1, 0.15) is 0 Å². The molecule has 1 saturated heterocycles. The van der Waals surface area contributed by atoms with E-state index in [1.807, 2.05) is 17.0 Å². The Morgan fingerprint density at radius 1 is 0.926 bits per heavy atom. The summed E-state index contributed by atoms with van der Waals surface area (Å²) in [7, 11) is 0. The maximum atomic E-state index is 12.7. The van der Waals surface area contributed by atoms with Crippen molar-refractivity contribution < 1.29 is 4.79 Å². The summed E-state index contributed by atoms with van der Waals surface area (Å²) in [4.78, 5) is 27.7. The molecule has 0 spiro atoms. The van der Waals surface area contributed by atoms with Crippen molar-refractivity contribution in [1.82, 2.24) is 19.8 Å². The molecule has 4 rings (SSSR count). The minimum Gasteiger partial charge on any atom is -0.338 e. The summed E-state index contributed by atoms with van der Waals surface area (Å²) in [5.41, 5.74) is 2.61. The molecule has 1 fully saturated rings. The molecule has 1 amide bonds. The third-order valence-corrected chi connectivity index (χ3v) is 5.27. The Bertz CT molecular complexity index is 785. The van der Waals surface area contributed by atoms with Crippen molar-refractivity contribution in [2.45, 2.75) is 6.42 Å². The van der Waals surface area contributed by atoms with Gasteiger partial charge in [-0.1, -0.05) is 36.4 Å². The van der Waals surface area contributed by atoms with Crippen LogP contribution in [0.5, 0.6) is 0 Å². The monoisotopic (exact) mass is 363 g/mol. The summed E-state index contributed by atoms with van der Waals surface area (Å²) < 4.78 is 0. The van der Waals surface area contributed by atoms with Crippen molar-refractivity contribution in [3.63, 3.8) is 0 Å². The maximum absolute atomic E-state index is 12.7. The van der Waals surface area contributed by atoms with Crippen molar-refractivity contribution in [2.75, 3.05) is 50.7 Å². The van der Waals surface area contributed by atoms with Gasteiger partial charge in [-0.2, -0.15) is 0 Å². The number of anilines is 1. The molecule has 0 N–H and O–H groups in total. The Morgan fingerprint density at radius 2 is 1.67 bits per heavy atom. The van der Waals surface area contributed by atoms with Crippen LogP contribution in [0.2, 0.25) is 0 Å². The highest BCUT2D eigenvalue weighted by Gasteiger charge is 2.24. The lowest BCUT2D eigenvalue weighted by molar-refractivity contribution is -0.132. The van der Waals surface area contributed by atoms with E-state index in [-0.39, 0.29) is 5.91 Å². The third kappa shape index (κ3) is 4.34. The van der Waals surface area contributed by atoms with Crippen LogP contribution in [0, 0.1) is 0 Å². The summed E-state index contributed by atoms with van der Waals surface area (Å²) in [5, 5.41) is 0. The zero-order valence-corrected chi connectivity index (χ0v) is 15.5. The fourth-order valence-corrected chi connectivity index (χ4v) is 3.66. The number of hydrogen-bond donors (Lipinski definition) is 0. The summed E-state index contributed by atoms with van der Waals surface area (Å²) in [6.07, 6.45) is 6.66. The van der Waals surface area contributed by atoms with Crippen molar-refractivity contribution in [3.8, 4) is 0 Å². The number of carbonyl (C=O) groups excluding carboxylic acids is 1. The molecule has 6 heteroatoms. The van der Waals surface area contributed by atoms with E-state index < -0.39 is 0 Å². The average Bonchev–Trinajstić information content (AvgIpc) is 2.76. The lowest BCUT2D eigenvalue weighted by Crippen LogP contribution is -2.50. The predicted octanol–water partition coefficient (Wildman–Crippen LogP) is 1.91. The first-order valence-corrected chi connectivity index (χ1v) is 9.56. The van der Waals surface area contributed by atoms with Crippen LogP contribution in [-0.2, 0) is 4.79 Å². The molecule has 0 saturated carbocycles. The molecular formula is C21H25N5O. The summed E-state index contributed by atoms with van der Waals surface area (Å²) in [6, 6.07) is 12.3. The highest BCUT2D eigenvalue weighted by atomic mass is 16.2. The first-order chi connectivity index (χ1) is 13.3. The first-order valence-electron chi connectivity index (χ1n) is 9.56. The fourth-order valence-electron chi connectivity index (χ4n) is 3.66. The zero-order chi connectivity index (χ0) is 18.5. The molecule has 3 heterocycles. The number of benzene rings is 1. The van der Waals surface area contributed by atoms with Crippen molar-refractivity contribution in [2.24, 2.45) is 0 Å². The van der Waals surface area contributed by atoms with Crippen LogP contribution in [-0.4, -0.2) is 71.5 Å². The molecule has 0 unspecified atom stereocenters. The molecule has 140 valence electrons. The van der Waals surface area contributed by atoms with Gasteiger partial charge in [0, 0.05) is 51.7 Å². The molecule has 2 aromatic rings. The lowest BCUT2D eigenvalue weighted by Gasteiger charge is -2.35. The van der Waals surface area contributed by atoms with E-state index in [2.05, 4.69) is 50.1 Å².